The van der Waals surface area contributed by atoms with Crippen molar-refractivity contribution in [2.45, 2.75) is 58.3 Å². The van der Waals surface area contributed by atoms with Crippen LogP contribution in [0, 0.1) is 5.41 Å². The van der Waals surface area contributed by atoms with Crippen LogP contribution in [-0.2, 0) is 9.53 Å². The molecule has 0 bridgehead atoms. The Hall–Kier alpha value is -1.30. The van der Waals surface area contributed by atoms with Crippen LogP contribution in [-0.4, -0.2) is 53.3 Å². The number of urea groups is 1. The van der Waals surface area contributed by atoms with Gasteiger partial charge in [-0.25, -0.2) is 4.79 Å². The first-order valence-electron chi connectivity index (χ1n) is 7.27. The Morgan fingerprint density at radius 2 is 1.90 bits per heavy atom. The molecule has 2 rings (SSSR count). The van der Waals surface area contributed by atoms with Gasteiger partial charge < -0.3 is 20.1 Å². The first kappa shape index (κ1) is 15.1. The van der Waals surface area contributed by atoms with Crippen molar-refractivity contribution in [2.75, 3.05) is 13.1 Å². The number of carbonyl (C=O) groups is 2. The van der Waals surface area contributed by atoms with Crippen LogP contribution >= 0.6 is 0 Å². The molecule has 2 N–H and O–H groups in total. The van der Waals surface area contributed by atoms with E-state index in [1.165, 1.54) is 0 Å². The second-order valence-corrected chi connectivity index (χ2v) is 6.28. The minimum Gasteiger partial charge on any atom is -0.481 e. The van der Waals surface area contributed by atoms with Crippen molar-refractivity contribution in [3.05, 3.63) is 0 Å². The lowest BCUT2D eigenvalue weighted by Gasteiger charge is -2.37. The fourth-order valence-electron chi connectivity index (χ4n) is 3.24. The van der Waals surface area contributed by atoms with E-state index in [2.05, 4.69) is 5.32 Å². The van der Waals surface area contributed by atoms with Gasteiger partial charge in [-0.3, -0.25) is 4.79 Å². The molecule has 0 spiro atoms. The summed E-state index contributed by atoms with van der Waals surface area (Å²) in [6.07, 6.45) is 2.20. The topological polar surface area (TPSA) is 78.9 Å². The number of aliphatic carboxylic acids is 1. The quantitative estimate of drug-likeness (QED) is 0.804. The highest BCUT2D eigenvalue weighted by molar-refractivity contribution is 5.79. The zero-order valence-corrected chi connectivity index (χ0v) is 12.4. The first-order chi connectivity index (χ1) is 9.33. The third-order valence-corrected chi connectivity index (χ3v) is 4.45. The highest BCUT2D eigenvalue weighted by Gasteiger charge is 2.46. The van der Waals surface area contributed by atoms with E-state index >= 15 is 0 Å². The maximum Gasteiger partial charge on any atom is 0.317 e. The molecule has 2 aliphatic rings. The molecule has 1 aliphatic carbocycles. The lowest BCUT2D eigenvalue weighted by molar-refractivity contribution is -0.148. The highest BCUT2D eigenvalue weighted by Crippen LogP contribution is 2.38. The number of morpholine rings is 1. The van der Waals surface area contributed by atoms with Crippen LogP contribution in [0.4, 0.5) is 4.79 Å². The van der Waals surface area contributed by atoms with E-state index in [1.54, 1.807) is 11.8 Å². The molecule has 2 amide bonds. The molecule has 2 fully saturated rings. The van der Waals surface area contributed by atoms with Crippen molar-refractivity contribution in [3.63, 3.8) is 0 Å². The summed E-state index contributed by atoms with van der Waals surface area (Å²) in [7, 11) is 0. The number of hydrogen-bond donors (Lipinski definition) is 2. The number of hydrogen-bond acceptors (Lipinski definition) is 3. The maximum absolute atomic E-state index is 12.3. The summed E-state index contributed by atoms with van der Waals surface area (Å²) in [6, 6.07) is -0.465. The Labute approximate surface area is 119 Å². The SMILES string of the molecule is CC1CN(C(=O)NC2CCCC2(C)C(=O)O)CC(C)O1. The van der Waals surface area contributed by atoms with Gasteiger partial charge in [0.15, 0.2) is 0 Å². The van der Waals surface area contributed by atoms with Crippen LogP contribution in [0.3, 0.4) is 0 Å². The van der Waals surface area contributed by atoms with Crippen molar-refractivity contribution in [1.82, 2.24) is 10.2 Å². The second kappa shape index (κ2) is 5.60. The summed E-state index contributed by atoms with van der Waals surface area (Å²) >= 11 is 0. The fourth-order valence-corrected chi connectivity index (χ4v) is 3.24. The van der Waals surface area contributed by atoms with E-state index in [-0.39, 0.29) is 24.3 Å². The predicted molar refractivity (Wildman–Crippen MR) is 73.5 cm³/mol. The largest absolute Gasteiger partial charge is 0.481 e. The van der Waals surface area contributed by atoms with Gasteiger partial charge in [-0.15, -0.1) is 0 Å². The van der Waals surface area contributed by atoms with Crippen LogP contribution < -0.4 is 5.32 Å². The molecule has 0 aromatic carbocycles. The third-order valence-electron chi connectivity index (χ3n) is 4.45. The molecule has 0 aromatic heterocycles. The molecule has 0 radical (unpaired) electrons. The summed E-state index contributed by atoms with van der Waals surface area (Å²) in [6.45, 7) is 6.69. The molecule has 20 heavy (non-hydrogen) atoms. The number of carboxylic acids is 1. The number of ether oxygens (including phenoxy) is 1. The minimum absolute atomic E-state index is 0.0129. The van der Waals surface area contributed by atoms with Gasteiger partial charge in [-0.1, -0.05) is 6.42 Å². The lowest BCUT2D eigenvalue weighted by atomic mass is 9.85. The van der Waals surface area contributed by atoms with Gasteiger partial charge in [-0.05, 0) is 33.6 Å². The summed E-state index contributed by atoms with van der Waals surface area (Å²) in [5, 5.41) is 12.3. The number of rotatable bonds is 2. The molecule has 6 heteroatoms. The molecule has 1 saturated carbocycles. The van der Waals surface area contributed by atoms with Gasteiger partial charge >= 0.3 is 12.0 Å². The zero-order valence-electron chi connectivity index (χ0n) is 12.4. The van der Waals surface area contributed by atoms with Crippen molar-refractivity contribution >= 4 is 12.0 Å². The van der Waals surface area contributed by atoms with Crippen molar-refractivity contribution in [2.24, 2.45) is 5.41 Å². The summed E-state index contributed by atoms with van der Waals surface area (Å²) in [5.41, 5.74) is -0.848. The van der Waals surface area contributed by atoms with Gasteiger partial charge in [0.2, 0.25) is 0 Å². The van der Waals surface area contributed by atoms with Crippen LogP contribution in [0.25, 0.3) is 0 Å². The normalized spacial score (nSPS) is 37.8. The molecule has 4 atom stereocenters. The van der Waals surface area contributed by atoms with Gasteiger partial charge in [0.25, 0.3) is 0 Å². The standard InChI is InChI=1S/C14H24N2O4/c1-9-7-16(8-10(2)20-9)13(19)15-11-5-4-6-14(11,3)12(17)18/h9-11H,4-8H2,1-3H3,(H,15,19)(H,17,18). The van der Waals surface area contributed by atoms with E-state index in [0.29, 0.717) is 19.5 Å². The molecule has 1 heterocycles. The molecule has 114 valence electrons. The van der Waals surface area contributed by atoms with Crippen LogP contribution in [0.1, 0.15) is 40.0 Å². The highest BCUT2D eigenvalue weighted by atomic mass is 16.5. The third kappa shape index (κ3) is 2.90. The summed E-state index contributed by atoms with van der Waals surface area (Å²) in [4.78, 5) is 25.5. The summed E-state index contributed by atoms with van der Waals surface area (Å²) in [5.74, 6) is -0.830. The summed E-state index contributed by atoms with van der Waals surface area (Å²) < 4.78 is 5.60. The molecule has 0 aromatic rings. The Kier molecular flexibility index (Phi) is 4.22. The Morgan fingerprint density at radius 3 is 2.45 bits per heavy atom. The van der Waals surface area contributed by atoms with Crippen LogP contribution in [0.2, 0.25) is 0 Å². The van der Waals surface area contributed by atoms with Gasteiger partial charge in [0, 0.05) is 19.1 Å². The number of carboxylic acid groups (broad SMARTS) is 1. The van der Waals surface area contributed by atoms with Crippen molar-refractivity contribution in [1.29, 1.82) is 0 Å². The number of amides is 2. The van der Waals surface area contributed by atoms with E-state index in [0.717, 1.165) is 12.8 Å². The molecule has 1 aliphatic heterocycles. The van der Waals surface area contributed by atoms with E-state index in [4.69, 9.17) is 4.74 Å². The minimum atomic E-state index is -0.848. The number of nitrogens with one attached hydrogen (secondary N) is 1. The van der Waals surface area contributed by atoms with E-state index < -0.39 is 11.4 Å². The molecule has 1 saturated heterocycles. The Bertz CT molecular complexity index is 391. The maximum atomic E-state index is 12.3. The molecular weight excluding hydrogens is 260 g/mol. The van der Waals surface area contributed by atoms with Crippen molar-refractivity contribution < 1.29 is 19.4 Å². The first-order valence-corrected chi connectivity index (χ1v) is 7.27. The van der Waals surface area contributed by atoms with Crippen LogP contribution in [0.5, 0.6) is 0 Å². The van der Waals surface area contributed by atoms with E-state index in [9.17, 15) is 14.7 Å². The lowest BCUT2D eigenvalue weighted by Crippen LogP contribution is -2.56. The number of nitrogens with zero attached hydrogens (tertiary/aromatic N) is 1. The van der Waals surface area contributed by atoms with Gasteiger partial charge in [0.05, 0.1) is 17.6 Å². The average Bonchev–Trinajstić information content (AvgIpc) is 2.71. The second-order valence-electron chi connectivity index (χ2n) is 6.28. The average molecular weight is 284 g/mol. The molecular formula is C14H24N2O4. The van der Waals surface area contributed by atoms with Crippen LogP contribution in [0.15, 0.2) is 0 Å². The van der Waals surface area contributed by atoms with Gasteiger partial charge in [-0.2, -0.15) is 0 Å². The van der Waals surface area contributed by atoms with Crippen molar-refractivity contribution in [3.8, 4) is 0 Å². The number of carbonyl (C=O) groups excluding carboxylic acids is 1. The Morgan fingerprint density at radius 1 is 1.30 bits per heavy atom. The zero-order chi connectivity index (χ0) is 14.9. The van der Waals surface area contributed by atoms with E-state index in [1.807, 2.05) is 13.8 Å². The monoisotopic (exact) mass is 284 g/mol. The smallest absolute Gasteiger partial charge is 0.317 e. The molecule has 6 nitrogen and oxygen atoms in total. The Balaban J connectivity index is 1.99. The molecule has 4 unspecified atom stereocenters. The predicted octanol–water partition coefficient (Wildman–Crippen LogP) is 1.45. The fraction of sp³-hybridized carbons (Fsp3) is 0.857. The van der Waals surface area contributed by atoms with Gasteiger partial charge in [0.1, 0.15) is 0 Å².